The first-order valence-electron chi connectivity index (χ1n) is 10.2. The van der Waals surface area contributed by atoms with Crippen molar-refractivity contribution < 1.29 is 9.59 Å². The van der Waals surface area contributed by atoms with E-state index in [0.29, 0.717) is 31.0 Å². The van der Waals surface area contributed by atoms with Gasteiger partial charge in [-0.1, -0.05) is 24.3 Å². The maximum Gasteiger partial charge on any atom is 0.317 e. The molecule has 0 unspecified atom stereocenters. The Kier molecular flexibility index (Phi) is 5.91. The van der Waals surface area contributed by atoms with Gasteiger partial charge in [0.25, 0.3) is 5.91 Å². The summed E-state index contributed by atoms with van der Waals surface area (Å²) in [6.07, 6.45) is 1.55. The minimum atomic E-state index is -0.304. The number of nitrogens with one attached hydrogen (secondary N) is 2. The van der Waals surface area contributed by atoms with Gasteiger partial charge in [0.15, 0.2) is 5.69 Å². The quantitative estimate of drug-likeness (QED) is 0.810. The Morgan fingerprint density at radius 2 is 2.00 bits per heavy atom. The number of carbonyl (C=O) groups excluding carboxylic acids is 2. The van der Waals surface area contributed by atoms with Crippen molar-refractivity contribution >= 4 is 11.9 Å². The Labute approximate surface area is 171 Å². The van der Waals surface area contributed by atoms with Crippen LogP contribution in [0, 0.1) is 6.92 Å². The zero-order valence-corrected chi connectivity index (χ0v) is 17.9. The molecule has 1 aliphatic heterocycles. The fraction of sp³-hybridized carbons (Fsp3) is 0.524. The van der Waals surface area contributed by atoms with Crippen LogP contribution >= 0.6 is 0 Å². The van der Waals surface area contributed by atoms with E-state index >= 15 is 0 Å². The number of benzene rings is 1. The summed E-state index contributed by atoms with van der Waals surface area (Å²) < 4.78 is 1.73. The maximum absolute atomic E-state index is 12.7. The molecule has 1 aromatic heterocycles. The van der Waals surface area contributed by atoms with Gasteiger partial charge in [-0.15, -0.1) is 5.10 Å². The Balaban J connectivity index is 1.88. The summed E-state index contributed by atoms with van der Waals surface area (Å²) in [6.45, 7) is 11.6. The standard InChI is InChI=1S/C21H30N6O2/c1-6-21(4,5)23-19(28)18-14(3)27(25-24-18)17-10-8-9-15-13-26(12-11-16(15)17)20(29)22-7-2/h8-10H,6-7,11-13H2,1-5H3,(H,22,29)(H,23,28). The van der Waals surface area contributed by atoms with Gasteiger partial charge in [-0.05, 0) is 57.7 Å². The van der Waals surface area contributed by atoms with Crippen molar-refractivity contribution in [3.05, 3.63) is 40.7 Å². The van der Waals surface area contributed by atoms with Crippen molar-refractivity contribution in [2.75, 3.05) is 13.1 Å². The molecule has 8 nitrogen and oxygen atoms in total. The molecule has 1 aromatic carbocycles. The number of carbonyl (C=O) groups is 2. The van der Waals surface area contributed by atoms with Gasteiger partial charge in [-0.3, -0.25) is 4.79 Å². The Morgan fingerprint density at radius 1 is 1.24 bits per heavy atom. The molecule has 29 heavy (non-hydrogen) atoms. The van der Waals surface area contributed by atoms with Crippen molar-refractivity contribution in [1.29, 1.82) is 0 Å². The smallest absolute Gasteiger partial charge is 0.317 e. The molecule has 2 heterocycles. The molecule has 0 fully saturated rings. The van der Waals surface area contributed by atoms with E-state index in [1.165, 1.54) is 0 Å². The van der Waals surface area contributed by atoms with Crippen LogP contribution in [0.15, 0.2) is 18.2 Å². The van der Waals surface area contributed by atoms with E-state index in [0.717, 1.165) is 29.7 Å². The molecule has 0 atom stereocenters. The number of nitrogens with zero attached hydrogens (tertiary/aromatic N) is 4. The summed E-state index contributed by atoms with van der Waals surface area (Å²) in [5.41, 5.74) is 3.88. The Hall–Kier alpha value is -2.90. The van der Waals surface area contributed by atoms with E-state index in [2.05, 4.69) is 20.9 Å². The van der Waals surface area contributed by atoms with Crippen LogP contribution in [0.1, 0.15) is 61.4 Å². The molecule has 1 aliphatic rings. The lowest BCUT2D eigenvalue weighted by atomic mass is 9.97. The predicted octanol–water partition coefficient (Wildman–Crippen LogP) is 2.58. The van der Waals surface area contributed by atoms with E-state index in [1.54, 1.807) is 4.68 Å². The van der Waals surface area contributed by atoms with Crippen LogP contribution in [0.2, 0.25) is 0 Å². The Morgan fingerprint density at radius 3 is 2.69 bits per heavy atom. The molecule has 2 aromatic rings. The molecule has 0 saturated carbocycles. The van der Waals surface area contributed by atoms with Gasteiger partial charge < -0.3 is 15.5 Å². The van der Waals surface area contributed by atoms with Gasteiger partial charge in [-0.2, -0.15) is 0 Å². The minimum Gasteiger partial charge on any atom is -0.346 e. The van der Waals surface area contributed by atoms with Gasteiger partial charge in [0.2, 0.25) is 0 Å². The van der Waals surface area contributed by atoms with E-state index in [1.807, 2.05) is 57.7 Å². The minimum absolute atomic E-state index is 0.0435. The summed E-state index contributed by atoms with van der Waals surface area (Å²) in [5.74, 6) is -0.215. The zero-order chi connectivity index (χ0) is 21.2. The Bertz CT molecular complexity index is 918. The number of hydrogen-bond donors (Lipinski definition) is 2. The summed E-state index contributed by atoms with van der Waals surface area (Å²) in [7, 11) is 0. The number of aromatic nitrogens is 3. The average Bonchev–Trinajstić information content (AvgIpc) is 3.08. The van der Waals surface area contributed by atoms with Gasteiger partial charge in [0, 0.05) is 25.2 Å². The predicted molar refractivity (Wildman–Crippen MR) is 111 cm³/mol. The SMILES string of the molecule is CCNC(=O)N1CCc2c(cccc2-n2nnc(C(=O)NC(C)(C)CC)c2C)C1. The molecule has 0 bridgehead atoms. The normalized spacial score (nSPS) is 13.8. The zero-order valence-electron chi connectivity index (χ0n) is 17.9. The molecule has 156 valence electrons. The molecule has 0 radical (unpaired) electrons. The van der Waals surface area contributed by atoms with Gasteiger partial charge in [-0.25, -0.2) is 9.48 Å². The number of rotatable bonds is 5. The molecular weight excluding hydrogens is 368 g/mol. The number of urea groups is 1. The lowest BCUT2D eigenvalue weighted by Crippen LogP contribution is -2.43. The monoisotopic (exact) mass is 398 g/mol. The molecule has 8 heteroatoms. The second kappa shape index (κ2) is 8.23. The number of amides is 3. The van der Waals surface area contributed by atoms with Gasteiger partial charge in [0.1, 0.15) is 0 Å². The van der Waals surface area contributed by atoms with E-state index < -0.39 is 0 Å². The molecule has 3 rings (SSSR count). The first-order chi connectivity index (χ1) is 13.8. The van der Waals surface area contributed by atoms with E-state index in [-0.39, 0.29) is 17.5 Å². The number of fused-ring (bicyclic) bond motifs is 1. The highest BCUT2D eigenvalue weighted by Crippen LogP contribution is 2.26. The van der Waals surface area contributed by atoms with Crippen molar-refractivity contribution in [2.45, 2.75) is 59.5 Å². The fourth-order valence-corrected chi connectivity index (χ4v) is 3.45. The molecule has 3 amide bonds. The third-order valence-electron chi connectivity index (χ3n) is 5.53. The topological polar surface area (TPSA) is 92.2 Å². The van der Waals surface area contributed by atoms with Crippen LogP contribution < -0.4 is 10.6 Å². The molecular formula is C21H30N6O2. The third-order valence-corrected chi connectivity index (χ3v) is 5.53. The summed E-state index contributed by atoms with van der Waals surface area (Å²) in [6, 6.07) is 5.93. The van der Waals surface area contributed by atoms with Gasteiger partial charge in [0.05, 0.1) is 11.4 Å². The highest BCUT2D eigenvalue weighted by atomic mass is 16.2. The van der Waals surface area contributed by atoms with E-state index in [4.69, 9.17) is 0 Å². The molecule has 0 saturated heterocycles. The summed E-state index contributed by atoms with van der Waals surface area (Å²) >= 11 is 0. The van der Waals surface area contributed by atoms with Crippen LogP contribution in [-0.4, -0.2) is 50.5 Å². The lowest BCUT2D eigenvalue weighted by molar-refractivity contribution is 0.0905. The lowest BCUT2D eigenvalue weighted by Gasteiger charge is -2.30. The fourth-order valence-electron chi connectivity index (χ4n) is 3.45. The third kappa shape index (κ3) is 4.26. The molecule has 0 aliphatic carbocycles. The van der Waals surface area contributed by atoms with Crippen molar-refractivity contribution in [3.8, 4) is 5.69 Å². The van der Waals surface area contributed by atoms with Crippen LogP contribution in [-0.2, 0) is 13.0 Å². The average molecular weight is 399 g/mol. The van der Waals surface area contributed by atoms with Crippen molar-refractivity contribution in [3.63, 3.8) is 0 Å². The summed E-state index contributed by atoms with van der Waals surface area (Å²) in [5, 5.41) is 14.3. The van der Waals surface area contributed by atoms with Crippen LogP contribution in [0.3, 0.4) is 0 Å². The highest BCUT2D eigenvalue weighted by Gasteiger charge is 2.26. The highest BCUT2D eigenvalue weighted by molar-refractivity contribution is 5.93. The van der Waals surface area contributed by atoms with Crippen molar-refractivity contribution in [2.24, 2.45) is 0 Å². The first kappa shape index (κ1) is 20.8. The molecule has 2 N–H and O–H groups in total. The largest absolute Gasteiger partial charge is 0.346 e. The second-order valence-corrected chi connectivity index (χ2v) is 8.05. The van der Waals surface area contributed by atoms with Gasteiger partial charge >= 0.3 is 6.03 Å². The van der Waals surface area contributed by atoms with Crippen LogP contribution in [0.5, 0.6) is 0 Å². The van der Waals surface area contributed by atoms with Crippen LogP contribution in [0.4, 0.5) is 4.79 Å². The number of hydrogen-bond acceptors (Lipinski definition) is 4. The molecule has 0 spiro atoms. The van der Waals surface area contributed by atoms with Crippen molar-refractivity contribution in [1.82, 2.24) is 30.5 Å². The maximum atomic E-state index is 12.7. The summed E-state index contributed by atoms with van der Waals surface area (Å²) in [4.78, 5) is 26.7. The van der Waals surface area contributed by atoms with Crippen LogP contribution in [0.25, 0.3) is 5.69 Å². The second-order valence-electron chi connectivity index (χ2n) is 8.05. The first-order valence-corrected chi connectivity index (χ1v) is 10.2. The van der Waals surface area contributed by atoms with E-state index in [9.17, 15) is 9.59 Å².